The highest BCUT2D eigenvalue weighted by Crippen LogP contribution is 2.41. The number of amides is 2. The number of carbonyl (C=O) groups excluding carboxylic acids is 2. The number of ether oxygens (including phenoxy) is 1. The number of benzene rings is 1. The van der Waals surface area contributed by atoms with Gasteiger partial charge >= 0.3 is 0 Å². The molecule has 0 aliphatic carbocycles. The van der Waals surface area contributed by atoms with E-state index in [2.05, 4.69) is 0 Å². The zero-order valence-corrected chi connectivity index (χ0v) is 12.8. The summed E-state index contributed by atoms with van der Waals surface area (Å²) in [6, 6.07) is 6.95. The minimum absolute atomic E-state index is 0.117. The maximum absolute atomic E-state index is 12.6. The van der Waals surface area contributed by atoms with E-state index in [1.54, 1.807) is 24.3 Å². The fourth-order valence-electron chi connectivity index (χ4n) is 2.42. The summed E-state index contributed by atoms with van der Waals surface area (Å²) in [5.74, 6) is 0.519. The first-order chi connectivity index (χ1) is 9.90. The molecule has 1 heterocycles. The van der Waals surface area contributed by atoms with Crippen LogP contribution < -0.4 is 15.4 Å². The topological polar surface area (TPSA) is 72.6 Å². The third-order valence-corrected chi connectivity index (χ3v) is 4.22. The van der Waals surface area contributed by atoms with Crippen molar-refractivity contribution in [2.24, 2.45) is 17.1 Å². The van der Waals surface area contributed by atoms with Crippen LogP contribution in [0.4, 0.5) is 5.69 Å². The Morgan fingerprint density at radius 1 is 1.29 bits per heavy atom. The van der Waals surface area contributed by atoms with Crippen LogP contribution in [-0.4, -0.2) is 25.0 Å². The Morgan fingerprint density at radius 2 is 1.90 bits per heavy atom. The predicted octanol–water partition coefficient (Wildman–Crippen LogP) is 1.95. The zero-order valence-electron chi connectivity index (χ0n) is 12.8. The van der Waals surface area contributed by atoms with Crippen molar-refractivity contribution in [1.29, 1.82) is 0 Å². The highest BCUT2D eigenvalue weighted by molar-refractivity contribution is 6.22. The smallest absolute Gasteiger partial charge is 0.240 e. The SMILES string of the molecule is CC(C)C1(C)CC(=O)N(c2ccc(OCCN)cc2)C1=O. The van der Waals surface area contributed by atoms with Crippen molar-refractivity contribution in [3.63, 3.8) is 0 Å². The van der Waals surface area contributed by atoms with Crippen molar-refractivity contribution in [3.05, 3.63) is 24.3 Å². The fraction of sp³-hybridized carbons (Fsp3) is 0.500. The van der Waals surface area contributed by atoms with Gasteiger partial charge in [0, 0.05) is 13.0 Å². The van der Waals surface area contributed by atoms with Crippen LogP contribution in [0.1, 0.15) is 27.2 Å². The maximum Gasteiger partial charge on any atom is 0.240 e. The van der Waals surface area contributed by atoms with Gasteiger partial charge in [0.2, 0.25) is 11.8 Å². The van der Waals surface area contributed by atoms with E-state index in [1.807, 2.05) is 20.8 Å². The van der Waals surface area contributed by atoms with Gasteiger partial charge in [0.05, 0.1) is 11.1 Å². The van der Waals surface area contributed by atoms with Crippen molar-refractivity contribution in [2.45, 2.75) is 27.2 Å². The third kappa shape index (κ3) is 2.78. The van der Waals surface area contributed by atoms with Gasteiger partial charge in [0.1, 0.15) is 12.4 Å². The second-order valence-corrected chi connectivity index (χ2v) is 5.91. The lowest BCUT2D eigenvalue weighted by atomic mass is 9.78. The molecule has 1 atom stereocenters. The highest BCUT2D eigenvalue weighted by atomic mass is 16.5. The molecule has 0 saturated carbocycles. The molecule has 1 aromatic rings. The number of hydrogen-bond acceptors (Lipinski definition) is 4. The zero-order chi connectivity index (χ0) is 15.6. The van der Waals surface area contributed by atoms with E-state index in [9.17, 15) is 9.59 Å². The molecule has 1 saturated heterocycles. The van der Waals surface area contributed by atoms with E-state index in [0.717, 1.165) is 0 Å². The summed E-state index contributed by atoms with van der Waals surface area (Å²) in [7, 11) is 0. The average Bonchev–Trinajstić information content (AvgIpc) is 2.69. The predicted molar refractivity (Wildman–Crippen MR) is 81.0 cm³/mol. The van der Waals surface area contributed by atoms with Crippen molar-refractivity contribution in [2.75, 3.05) is 18.1 Å². The second kappa shape index (κ2) is 5.85. The molecular weight excluding hydrogens is 268 g/mol. The number of nitrogens with two attached hydrogens (primary N) is 1. The molecule has 1 aromatic carbocycles. The van der Waals surface area contributed by atoms with Gasteiger partial charge in [-0.25, -0.2) is 0 Å². The van der Waals surface area contributed by atoms with E-state index < -0.39 is 5.41 Å². The quantitative estimate of drug-likeness (QED) is 0.841. The molecule has 2 N–H and O–H groups in total. The first kappa shape index (κ1) is 15.5. The summed E-state index contributed by atoms with van der Waals surface area (Å²) < 4.78 is 5.39. The standard InChI is InChI=1S/C16H22N2O3/c1-11(2)16(3)10-14(19)18(15(16)20)12-4-6-13(7-5-12)21-9-8-17/h4-7,11H,8-10,17H2,1-3H3. The lowest BCUT2D eigenvalue weighted by molar-refractivity contribution is -0.126. The Kier molecular flexibility index (Phi) is 4.32. The van der Waals surface area contributed by atoms with Crippen LogP contribution in [0.3, 0.4) is 0 Å². The van der Waals surface area contributed by atoms with Crippen LogP contribution >= 0.6 is 0 Å². The van der Waals surface area contributed by atoms with Crippen molar-refractivity contribution < 1.29 is 14.3 Å². The highest BCUT2D eigenvalue weighted by Gasteiger charge is 2.50. The molecule has 0 bridgehead atoms. The molecule has 2 amide bonds. The monoisotopic (exact) mass is 290 g/mol. The minimum Gasteiger partial charge on any atom is -0.492 e. The lowest BCUT2D eigenvalue weighted by Crippen LogP contribution is -2.36. The molecule has 5 heteroatoms. The van der Waals surface area contributed by atoms with Gasteiger partial charge in [0.25, 0.3) is 0 Å². The van der Waals surface area contributed by atoms with E-state index in [1.165, 1.54) is 4.90 Å². The van der Waals surface area contributed by atoms with Crippen LogP contribution in [0.25, 0.3) is 0 Å². The summed E-state index contributed by atoms with van der Waals surface area (Å²) >= 11 is 0. The molecule has 5 nitrogen and oxygen atoms in total. The molecule has 0 radical (unpaired) electrons. The largest absolute Gasteiger partial charge is 0.492 e. The average molecular weight is 290 g/mol. The maximum atomic E-state index is 12.6. The molecule has 0 aromatic heterocycles. The van der Waals surface area contributed by atoms with Crippen LogP contribution in [0, 0.1) is 11.3 Å². The van der Waals surface area contributed by atoms with E-state index in [-0.39, 0.29) is 24.2 Å². The number of imide groups is 1. The van der Waals surface area contributed by atoms with Crippen molar-refractivity contribution >= 4 is 17.5 Å². The first-order valence-corrected chi connectivity index (χ1v) is 7.20. The molecule has 2 rings (SSSR count). The molecular formula is C16H22N2O3. The van der Waals surface area contributed by atoms with Crippen LogP contribution in [0.2, 0.25) is 0 Å². The molecule has 21 heavy (non-hydrogen) atoms. The molecule has 0 spiro atoms. The number of rotatable bonds is 5. The van der Waals surface area contributed by atoms with Crippen molar-refractivity contribution in [3.8, 4) is 5.75 Å². The van der Waals surface area contributed by atoms with E-state index in [4.69, 9.17) is 10.5 Å². The Balaban J connectivity index is 2.22. The Labute approximate surface area is 125 Å². The summed E-state index contributed by atoms with van der Waals surface area (Å²) in [6.07, 6.45) is 0.259. The normalized spacial score (nSPS) is 22.2. The van der Waals surface area contributed by atoms with Gasteiger partial charge in [-0.2, -0.15) is 0 Å². The summed E-state index contributed by atoms with van der Waals surface area (Å²) in [5.41, 5.74) is 5.35. The van der Waals surface area contributed by atoms with Gasteiger partial charge in [-0.3, -0.25) is 14.5 Å². The number of hydrogen-bond donors (Lipinski definition) is 1. The molecule has 114 valence electrons. The van der Waals surface area contributed by atoms with Gasteiger partial charge in [0.15, 0.2) is 0 Å². The molecule has 1 aliphatic heterocycles. The van der Waals surface area contributed by atoms with Gasteiger partial charge in [-0.05, 0) is 37.1 Å². The number of carbonyl (C=O) groups is 2. The molecule has 1 unspecified atom stereocenters. The fourth-order valence-corrected chi connectivity index (χ4v) is 2.42. The first-order valence-electron chi connectivity index (χ1n) is 7.20. The van der Waals surface area contributed by atoms with Crippen LogP contribution in [0.5, 0.6) is 5.75 Å². The van der Waals surface area contributed by atoms with Gasteiger partial charge in [-0.15, -0.1) is 0 Å². The number of anilines is 1. The van der Waals surface area contributed by atoms with Gasteiger partial charge < -0.3 is 10.5 Å². The molecule has 1 fully saturated rings. The molecule has 1 aliphatic rings. The van der Waals surface area contributed by atoms with Crippen LogP contribution in [-0.2, 0) is 9.59 Å². The third-order valence-electron chi connectivity index (χ3n) is 4.22. The Hall–Kier alpha value is -1.88. The summed E-state index contributed by atoms with van der Waals surface area (Å²) in [5, 5.41) is 0. The van der Waals surface area contributed by atoms with Gasteiger partial charge in [-0.1, -0.05) is 13.8 Å². The van der Waals surface area contributed by atoms with E-state index >= 15 is 0 Å². The Bertz CT molecular complexity index is 539. The second-order valence-electron chi connectivity index (χ2n) is 5.91. The lowest BCUT2D eigenvalue weighted by Gasteiger charge is -2.26. The van der Waals surface area contributed by atoms with E-state index in [0.29, 0.717) is 24.6 Å². The van der Waals surface area contributed by atoms with Crippen molar-refractivity contribution in [1.82, 2.24) is 0 Å². The minimum atomic E-state index is -0.619. The summed E-state index contributed by atoms with van der Waals surface area (Å²) in [6.45, 7) is 6.68. The number of nitrogens with zero attached hydrogens (tertiary/aromatic N) is 1. The van der Waals surface area contributed by atoms with Crippen LogP contribution in [0.15, 0.2) is 24.3 Å². The summed E-state index contributed by atoms with van der Waals surface area (Å²) in [4.78, 5) is 26.1. The Morgan fingerprint density at radius 3 is 2.38 bits per heavy atom.